The van der Waals surface area contributed by atoms with Crippen molar-refractivity contribution < 1.29 is 22.7 Å². The third-order valence-corrected chi connectivity index (χ3v) is 2.52. The molecule has 0 saturated heterocycles. The molecule has 0 unspecified atom stereocenters. The van der Waals surface area contributed by atoms with Crippen molar-refractivity contribution in [2.45, 2.75) is 20.0 Å². The summed E-state index contributed by atoms with van der Waals surface area (Å²) in [4.78, 5) is 11.8. The number of amides is 1. The zero-order chi connectivity index (χ0) is 16.0. The Morgan fingerprint density at radius 2 is 1.90 bits per heavy atom. The Morgan fingerprint density at radius 1 is 1.33 bits per heavy atom. The van der Waals surface area contributed by atoms with Crippen LogP contribution in [-0.4, -0.2) is 12.5 Å². The predicted molar refractivity (Wildman–Crippen MR) is 70.0 cm³/mol. The minimum atomic E-state index is -4.44. The first-order valence-corrected chi connectivity index (χ1v) is 6.02. The molecular weight excluding hydrogens is 285 g/mol. The number of allylic oxidation sites excluding steroid dienone is 1. The van der Waals surface area contributed by atoms with E-state index in [1.165, 1.54) is 6.92 Å². The van der Waals surface area contributed by atoms with Crippen LogP contribution in [-0.2, 0) is 15.7 Å². The number of carbonyl (C=O) groups excluding carboxylic acids is 1. The van der Waals surface area contributed by atoms with E-state index in [0.717, 1.165) is 24.3 Å². The lowest BCUT2D eigenvalue weighted by atomic mass is 10.2. The summed E-state index contributed by atoms with van der Waals surface area (Å²) in [7, 11) is 0. The molecule has 0 spiro atoms. The van der Waals surface area contributed by atoms with Crippen LogP contribution in [0.3, 0.4) is 0 Å². The minimum absolute atomic E-state index is 0.157. The maximum Gasteiger partial charge on any atom is 0.416 e. The molecule has 0 aromatic heterocycles. The van der Waals surface area contributed by atoms with Crippen molar-refractivity contribution in [3.8, 4) is 6.07 Å². The zero-order valence-corrected chi connectivity index (χ0v) is 11.4. The van der Waals surface area contributed by atoms with E-state index in [0.29, 0.717) is 6.61 Å². The smallest absolute Gasteiger partial charge is 0.416 e. The van der Waals surface area contributed by atoms with Crippen molar-refractivity contribution in [1.29, 1.82) is 5.26 Å². The number of ether oxygens (including phenoxy) is 1. The maximum absolute atomic E-state index is 12.4. The molecule has 4 nitrogen and oxygen atoms in total. The average Bonchev–Trinajstić information content (AvgIpc) is 2.39. The number of benzene rings is 1. The lowest BCUT2D eigenvalue weighted by Crippen LogP contribution is -2.16. The SMILES string of the molecule is CCOC(C)=C(C#N)C(=O)Nc1ccc(C(F)(F)F)cc1. The van der Waals surface area contributed by atoms with Gasteiger partial charge in [0.2, 0.25) is 0 Å². The number of rotatable bonds is 4. The Kier molecular flexibility index (Phi) is 5.36. The number of nitriles is 1. The molecule has 1 rings (SSSR count). The lowest BCUT2D eigenvalue weighted by molar-refractivity contribution is -0.137. The van der Waals surface area contributed by atoms with E-state index in [9.17, 15) is 18.0 Å². The molecule has 1 N–H and O–H groups in total. The van der Waals surface area contributed by atoms with Crippen LogP contribution >= 0.6 is 0 Å². The van der Waals surface area contributed by atoms with Crippen LogP contribution in [0.1, 0.15) is 19.4 Å². The highest BCUT2D eigenvalue weighted by atomic mass is 19.4. The molecule has 1 amide bonds. The highest BCUT2D eigenvalue weighted by molar-refractivity contribution is 6.06. The van der Waals surface area contributed by atoms with Crippen LogP contribution in [0.2, 0.25) is 0 Å². The molecule has 0 aliphatic heterocycles. The fraction of sp³-hybridized carbons (Fsp3) is 0.286. The summed E-state index contributed by atoms with van der Waals surface area (Å²) in [6, 6.07) is 5.63. The first-order chi connectivity index (χ1) is 9.79. The van der Waals surface area contributed by atoms with E-state index < -0.39 is 17.6 Å². The second-order valence-corrected chi connectivity index (χ2v) is 4.01. The van der Waals surface area contributed by atoms with Crippen molar-refractivity contribution >= 4 is 11.6 Å². The molecule has 7 heteroatoms. The number of anilines is 1. The van der Waals surface area contributed by atoms with Gasteiger partial charge in [0.1, 0.15) is 11.8 Å². The molecule has 0 saturated carbocycles. The van der Waals surface area contributed by atoms with Gasteiger partial charge in [0.15, 0.2) is 5.57 Å². The molecule has 0 bridgehead atoms. The molecule has 0 aliphatic rings. The van der Waals surface area contributed by atoms with Crippen molar-refractivity contribution in [3.05, 3.63) is 41.2 Å². The van der Waals surface area contributed by atoms with E-state index in [1.807, 2.05) is 0 Å². The van der Waals surface area contributed by atoms with Crippen LogP contribution in [0, 0.1) is 11.3 Å². The minimum Gasteiger partial charge on any atom is -0.497 e. The quantitative estimate of drug-likeness (QED) is 0.526. The third-order valence-electron chi connectivity index (χ3n) is 2.52. The maximum atomic E-state index is 12.4. The highest BCUT2D eigenvalue weighted by Gasteiger charge is 2.30. The summed E-state index contributed by atoms with van der Waals surface area (Å²) < 4.78 is 42.3. The van der Waals surface area contributed by atoms with Gasteiger partial charge in [-0.2, -0.15) is 18.4 Å². The molecule has 0 aliphatic carbocycles. The number of nitrogens with zero attached hydrogens (tertiary/aromatic N) is 1. The van der Waals surface area contributed by atoms with E-state index in [1.54, 1.807) is 13.0 Å². The fourth-order valence-electron chi connectivity index (χ4n) is 1.51. The molecule has 0 radical (unpaired) electrons. The Hall–Kier alpha value is -2.49. The molecule has 1 aromatic rings. The number of carbonyl (C=O) groups is 1. The number of halogens is 3. The second kappa shape index (κ2) is 6.79. The van der Waals surface area contributed by atoms with Crippen molar-refractivity contribution in [2.24, 2.45) is 0 Å². The van der Waals surface area contributed by atoms with Gasteiger partial charge in [0, 0.05) is 5.69 Å². The molecule has 0 fully saturated rings. The van der Waals surface area contributed by atoms with Crippen molar-refractivity contribution in [1.82, 2.24) is 0 Å². The summed E-state index contributed by atoms with van der Waals surface area (Å²) in [5, 5.41) is 11.3. The van der Waals surface area contributed by atoms with E-state index in [4.69, 9.17) is 10.00 Å². The van der Waals surface area contributed by atoms with Crippen molar-refractivity contribution in [2.75, 3.05) is 11.9 Å². The first-order valence-electron chi connectivity index (χ1n) is 6.02. The van der Waals surface area contributed by atoms with E-state index >= 15 is 0 Å². The van der Waals surface area contributed by atoms with Gasteiger partial charge in [-0.15, -0.1) is 0 Å². The van der Waals surface area contributed by atoms with Crippen LogP contribution in [0.4, 0.5) is 18.9 Å². The highest BCUT2D eigenvalue weighted by Crippen LogP contribution is 2.29. The van der Waals surface area contributed by atoms with Crippen LogP contribution in [0.25, 0.3) is 0 Å². The summed E-state index contributed by atoms with van der Waals surface area (Å²) in [5.41, 5.74) is -0.885. The summed E-state index contributed by atoms with van der Waals surface area (Å²) in [6.45, 7) is 3.46. The predicted octanol–water partition coefficient (Wildman–Crippen LogP) is 3.48. The Bertz CT molecular complexity index is 584. The standard InChI is InChI=1S/C14H13F3N2O2/c1-3-21-9(2)12(8-18)13(20)19-11-6-4-10(5-7-11)14(15,16)17/h4-7H,3H2,1-2H3,(H,19,20). The molecule has 0 atom stereocenters. The lowest BCUT2D eigenvalue weighted by Gasteiger charge is -2.09. The fourth-order valence-corrected chi connectivity index (χ4v) is 1.51. The second-order valence-electron chi connectivity index (χ2n) is 4.01. The first kappa shape index (κ1) is 16.6. The topological polar surface area (TPSA) is 62.1 Å². The number of hydrogen-bond donors (Lipinski definition) is 1. The summed E-state index contributed by atoms with van der Waals surface area (Å²) in [6.07, 6.45) is -4.44. The monoisotopic (exact) mass is 298 g/mol. The Labute approximate surface area is 119 Å². The van der Waals surface area contributed by atoms with Gasteiger partial charge in [-0.1, -0.05) is 0 Å². The van der Waals surface area contributed by atoms with E-state index in [2.05, 4.69) is 5.32 Å². The third kappa shape index (κ3) is 4.53. The van der Waals surface area contributed by atoms with Crippen LogP contribution in [0.15, 0.2) is 35.6 Å². The van der Waals surface area contributed by atoms with Gasteiger partial charge in [-0.3, -0.25) is 4.79 Å². The molecular formula is C14H13F3N2O2. The molecule has 112 valence electrons. The number of alkyl halides is 3. The number of hydrogen-bond acceptors (Lipinski definition) is 3. The number of nitrogens with one attached hydrogen (secondary N) is 1. The summed E-state index contributed by atoms with van der Waals surface area (Å²) >= 11 is 0. The van der Waals surface area contributed by atoms with Gasteiger partial charge >= 0.3 is 6.18 Å². The van der Waals surface area contributed by atoms with Crippen LogP contribution in [0.5, 0.6) is 0 Å². The van der Waals surface area contributed by atoms with Crippen LogP contribution < -0.4 is 5.32 Å². The summed E-state index contributed by atoms with van der Waals surface area (Å²) in [5.74, 6) is -0.576. The molecule has 1 aromatic carbocycles. The Morgan fingerprint density at radius 3 is 2.33 bits per heavy atom. The normalized spacial score (nSPS) is 12.2. The van der Waals surface area contributed by atoms with Gasteiger partial charge in [-0.05, 0) is 38.1 Å². The Balaban J connectivity index is 2.89. The van der Waals surface area contributed by atoms with Crippen molar-refractivity contribution in [3.63, 3.8) is 0 Å². The zero-order valence-electron chi connectivity index (χ0n) is 11.4. The molecule has 0 heterocycles. The van der Waals surface area contributed by atoms with Gasteiger partial charge in [-0.25, -0.2) is 0 Å². The van der Waals surface area contributed by atoms with Gasteiger partial charge in [0.05, 0.1) is 12.2 Å². The van der Waals surface area contributed by atoms with E-state index in [-0.39, 0.29) is 17.0 Å². The molecule has 21 heavy (non-hydrogen) atoms. The van der Waals surface area contributed by atoms with Gasteiger partial charge < -0.3 is 10.1 Å². The largest absolute Gasteiger partial charge is 0.497 e. The average molecular weight is 298 g/mol. The van der Waals surface area contributed by atoms with Gasteiger partial charge in [0.25, 0.3) is 5.91 Å².